The molecule has 0 aromatic heterocycles. The monoisotopic (exact) mass is 259 g/mol. The summed E-state index contributed by atoms with van der Waals surface area (Å²) in [6, 6.07) is 3.13. The van der Waals surface area contributed by atoms with Gasteiger partial charge in [-0.1, -0.05) is 26.0 Å². The molecular formula is C13H19F2NS. The maximum Gasteiger partial charge on any atom is 0.163 e. The first kappa shape index (κ1) is 14.5. The van der Waals surface area contributed by atoms with Gasteiger partial charge in [0.15, 0.2) is 11.6 Å². The zero-order chi connectivity index (χ0) is 13.0. The third-order valence-electron chi connectivity index (χ3n) is 2.63. The fourth-order valence-electron chi connectivity index (χ4n) is 1.55. The molecule has 1 aromatic rings. The van der Waals surface area contributed by atoms with E-state index in [1.807, 2.05) is 0 Å². The van der Waals surface area contributed by atoms with Gasteiger partial charge in [0.25, 0.3) is 0 Å². The molecule has 0 aliphatic heterocycles. The van der Waals surface area contributed by atoms with E-state index in [2.05, 4.69) is 19.2 Å². The van der Waals surface area contributed by atoms with Crippen molar-refractivity contribution >= 4 is 11.8 Å². The lowest BCUT2D eigenvalue weighted by Gasteiger charge is -2.18. The van der Waals surface area contributed by atoms with Crippen LogP contribution in [0.25, 0.3) is 0 Å². The SMILES string of the molecule is CNC(CSC(C)C)c1ccc(C)c(F)c1F. The van der Waals surface area contributed by atoms with E-state index in [0.29, 0.717) is 16.4 Å². The summed E-state index contributed by atoms with van der Waals surface area (Å²) in [5.41, 5.74) is 0.751. The molecule has 1 rings (SSSR count). The van der Waals surface area contributed by atoms with Crippen LogP contribution in [0.4, 0.5) is 8.78 Å². The molecule has 0 heterocycles. The fraction of sp³-hybridized carbons (Fsp3) is 0.538. The van der Waals surface area contributed by atoms with E-state index in [4.69, 9.17) is 0 Å². The minimum absolute atomic E-state index is 0.155. The van der Waals surface area contributed by atoms with Gasteiger partial charge >= 0.3 is 0 Å². The van der Waals surface area contributed by atoms with Crippen molar-refractivity contribution in [3.05, 3.63) is 34.9 Å². The smallest absolute Gasteiger partial charge is 0.163 e. The first-order chi connectivity index (χ1) is 7.97. The molecule has 4 heteroatoms. The predicted molar refractivity (Wildman–Crippen MR) is 70.5 cm³/mol. The average molecular weight is 259 g/mol. The molecule has 96 valence electrons. The van der Waals surface area contributed by atoms with E-state index in [0.717, 1.165) is 5.75 Å². The molecule has 1 nitrogen and oxygen atoms in total. The van der Waals surface area contributed by atoms with Crippen LogP contribution in [0.3, 0.4) is 0 Å². The fourth-order valence-corrected chi connectivity index (χ4v) is 2.47. The van der Waals surface area contributed by atoms with E-state index in [1.165, 1.54) is 0 Å². The molecule has 1 unspecified atom stereocenters. The van der Waals surface area contributed by atoms with Gasteiger partial charge in [-0.15, -0.1) is 0 Å². The summed E-state index contributed by atoms with van der Waals surface area (Å²) in [5, 5.41) is 3.51. The summed E-state index contributed by atoms with van der Waals surface area (Å²) < 4.78 is 27.3. The van der Waals surface area contributed by atoms with Gasteiger partial charge in [-0.05, 0) is 24.8 Å². The van der Waals surface area contributed by atoms with Crippen LogP contribution in [0, 0.1) is 18.6 Å². The molecule has 0 saturated carbocycles. The Bertz CT molecular complexity index is 380. The lowest BCUT2D eigenvalue weighted by molar-refractivity contribution is 0.479. The second kappa shape index (κ2) is 6.36. The Morgan fingerprint density at radius 2 is 1.88 bits per heavy atom. The van der Waals surface area contributed by atoms with Crippen molar-refractivity contribution in [2.75, 3.05) is 12.8 Å². The molecule has 1 atom stereocenters. The maximum absolute atomic E-state index is 13.8. The second-order valence-electron chi connectivity index (χ2n) is 4.32. The standard InChI is InChI=1S/C13H19F2NS/c1-8(2)17-7-11(16-4)10-6-5-9(3)12(14)13(10)15/h5-6,8,11,16H,7H2,1-4H3. The van der Waals surface area contributed by atoms with Crippen molar-refractivity contribution in [3.63, 3.8) is 0 Å². The minimum atomic E-state index is -0.739. The van der Waals surface area contributed by atoms with Crippen molar-refractivity contribution < 1.29 is 8.78 Å². The van der Waals surface area contributed by atoms with E-state index >= 15 is 0 Å². The zero-order valence-corrected chi connectivity index (χ0v) is 11.5. The van der Waals surface area contributed by atoms with Crippen LogP contribution in [-0.2, 0) is 0 Å². The Labute approximate surface area is 106 Å². The molecule has 0 saturated heterocycles. The van der Waals surface area contributed by atoms with Crippen LogP contribution in [-0.4, -0.2) is 18.1 Å². The topological polar surface area (TPSA) is 12.0 Å². The molecule has 0 fully saturated rings. The van der Waals surface area contributed by atoms with Crippen LogP contribution in [0.1, 0.15) is 31.0 Å². The molecule has 0 aliphatic carbocycles. The summed E-state index contributed by atoms with van der Waals surface area (Å²) in [5.74, 6) is -0.737. The van der Waals surface area contributed by atoms with Crippen LogP contribution >= 0.6 is 11.8 Å². The Kier molecular flexibility index (Phi) is 5.40. The van der Waals surface area contributed by atoms with Crippen LogP contribution in [0.5, 0.6) is 0 Å². The maximum atomic E-state index is 13.8. The summed E-state index contributed by atoms with van der Waals surface area (Å²) in [6.45, 7) is 5.74. The number of halogens is 2. The number of hydrogen-bond acceptors (Lipinski definition) is 2. The van der Waals surface area contributed by atoms with Crippen LogP contribution < -0.4 is 5.32 Å². The molecule has 0 bridgehead atoms. The van der Waals surface area contributed by atoms with Gasteiger partial charge in [-0.25, -0.2) is 8.78 Å². The highest BCUT2D eigenvalue weighted by Gasteiger charge is 2.18. The molecular weight excluding hydrogens is 240 g/mol. The summed E-state index contributed by atoms with van der Waals surface area (Å²) >= 11 is 1.73. The van der Waals surface area contributed by atoms with Gasteiger partial charge in [0, 0.05) is 17.4 Å². The van der Waals surface area contributed by atoms with Crippen LogP contribution in [0.15, 0.2) is 12.1 Å². The number of rotatable bonds is 5. The first-order valence-corrected chi connectivity index (χ1v) is 6.75. The average Bonchev–Trinajstić information content (AvgIpc) is 2.29. The predicted octanol–water partition coefficient (Wildman–Crippen LogP) is 3.68. The number of hydrogen-bond donors (Lipinski definition) is 1. The first-order valence-electron chi connectivity index (χ1n) is 5.70. The second-order valence-corrected chi connectivity index (χ2v) is 5.93. The molecule has 0 aliphatic rings. The van der Waals surface area contributed by atoms with Gasteiger partial charge in [0.2, 0.25) is 0 Å². The lowest BCUT2D eigenvalue weighted by Crippen LogP contribution is -2.21. The van der Waals surface area contributed by atoms with Gasteiger partial charge < -0.3 is 5.32 Å². The Balaban J connectivity index is 2.92. The lowest BCUT2D eigenvalue weighted by atomic mass is 10.1. The third kappa shape index (κ3) is 3.68. The van der Waals surface area contributed by atoms with E-state index in [-0.39, 0.29) is 6.04 Å². The molecule has 17 heavy (non-hydrogen) atoms. The van der Waals surface area contributed by atoms with Crippen molar-refractivity contribution in [1.82, 2.24) is 5.32 Å². The highest BCUT2D eigenvalue weighted by molar-refractivity contribution is 7.99. The van der Waals surface area contributed by atoms with Crippen molar-refractivity contribution in [2.24, 2.45) is 0 Å². The molecule has 1 aromatic carbocycles. The van der Waals surface area contributed by atoms with E-state index in [1.54, 1.807) is 37.9 Å². The molecule has 0 spiro atoms. The normalized spacial score (nSPS) is 13.1. The Morgan fingerprint density at radius 3 is 2.41 bits per heavy atom. The number of benzene rings is 1. The Morgan fingerprint density at radius 1 is 1.24 bits per heavy atom. The van der Waals surface area contributed by atoms with Crippen LogP contribution in [0.2, 0.25) is 0 Å². The summed E-state index contributed by atoms with van der Waals surface area (Å²) in [6.07, 6.45) is 0. The number of nitrogens with one attached hydrogen (secondary N) is 1. The highest BCUT2D eigenvalue weighted by atomic mass is 32.2. The minimum Gasteiger partial charge on any atom is -0.312 e. The number of aryl methyl sites for hydroxylation is 1. The van der Waals surface area contributed by atoms with E-state index in [9.17, 15) is 8.78 Å². The van der Waals surface area contributed by atoms with E-state index < -0.39 is 11.6 Å². The van der Waals surface area contributed by atoms with Gasteiger partial charge in [-0.2, -0.15) is 11.8 Å². The molecule has 0 amide bonds. The zero-order valence-electron chi connectivity index (χ0n) is 10.7. The summed E-state index contributed by atoms with van der Waals surface area (Å²) in [4.78, 5) is 0. The molecule has 0 radical (unpaired) electrons. The quantitative estimate of drug-likeness (QED) is 0.865. The third-order valence-corrected chi connectivity index (χ3v) is 3.82. The van der Waals surface area contributed by atoms with Gasteiger partial charge in [-0.3, -0.25) is 0 Å². The Hall–Kier alpha value is -0.610. The van der Waals surface area contributed by atoms with Gasteiger partial charge in [0.05, 0.1) is 0 Å². The van der Waals surface area contributed by atoms with Crippen molar-refractivity contribution in [3.8, 4) is 0 Å². The number of thioether (sulfide) groups is 1. The summed E-state index contributed by atoms with van der Waals surface area (Å²) in [7, 11) is 1.77. The van der Waals surface area contributed by atoms with Crippen molar-refractivity contribution in [1.29, 1.82) is 0 Å². The van der Waals surface area contributed by atoms with Crippen molar-refractivity contribution in [2.45, 2.75) is 32.1 Å². The highest BCUT2D eigenvalue weighted by Crippen LogP contribution is 2.25. The van der Waals surface area contributed by atoms with Gasteiger partial charge in [0.1, 0.15) is 0 Å². The largest absolute Gasteiger partial charge is 0.312 e. The molecule has 1 N–H and O–H groups in total.